The predicted molar refractivity (Wildman–Crippen MR) is 76.5 cm³/mol. The van der Waals surface area contributed by atoms with Crippen LogP contribution in [0.1, 0.15) is 6.92 Å². The fourth-order valence-electron chi connectivity index (χ4n) is 2.04. The van der Waals surface area contributed by atoms with Crippen molar-refractivity contribution < 1.29 is 9.13 Å². The average molecular weight is 260 g/mol. The van der Waals surface area contributed by atoms with Gasteiger partial charge < -0.3 is 15.4 Å². The Kier molecular flexibility index (Phi) is 3.90. The maximum absolute atomic E-state index is 13.3. The quantitative estimate of drug-likeness (QED) is 0.854. The van der Waals surface area contributed by atoms with Crippen molar-refractivity contribution in [2.75, 3.05) is 24.3 Å². The van der Waals surface area contributed by atoms with Gasteiger partial charge >= 0.3 is 0 Å². The maximum Gasteiger partial charge on any atom is 0.125 e. The van der Waals surface area contributed by atoms with Crippen molar-refractivity contribution in [1.29, 1.82) is 0 Å². The normalized spacial score (nSPS) is 10.3. The average Bonchev–Trinajstić information content (AvgIpc) is 2.41. The molecule has 0 saturated carbocycles. The van der Waals surface area contributed by atoms with Gasteiger partial charge in [0.25, 0.3) is 0 Å². The van der Waals surface area contributed by atoms with Gasteiger partial charge in [-0.2, -0.15) is 0 Å². The number of nitrogen functional groups attached to an aromatic ring is 1. The van der Waals surface area contributed by atoms with E-state index in [0.717, 1.165) is 11.4 Å². The van der Waals surface area contributed by atoms with Crippen LogP contribution in [0.4, 0.5) is 21.5 Å². The number of nitrogens with zero attached hydrogens (tertiary/aromatic N) is 1. The highest BCUT2D eigenvalue weighted by atomic mass is 19.1. The molecule has 0 spiro atoms. The van der Waals surface area contributed by atoms with Crippen molar-refractivity contribution in [3.05, 3.63) is 48.3 Å². The SMILES string of the molecule is CCN(c1cccc(F)c1)c1ccc(OC)cc1N. The standard InChI is InChI=1S/C15H17FN2O/c1-3-18(12-6-4-5-11(16)9-12)15-8-7-13(19-2)10-14(15)17/h4-10H,3,17H2,1-2H3. The van der Waals surface area contributed by atoms with Crippen LogP contribution in [0.2, 0.25) is 0 Å². The molecule has 0 fully saturated rings. The lowest BCUT2D eigenvalue weighted by Gasteiger charge is -2.25. The third-order valence-corrected chi connectivity index (χ3v) is 2.96. The van der Waals surface area contributed by atoms with Crippen molar-refractivity contribution in [2.45, 2.75) is 6.92 Å². The van der Waals surface area contributed by atoms with Gasteiger partial charge in [0, 0.05) is 18.3 Å². The largest absolute Gasteiger partial charge is 0.497 e. The molecule has 0 heterocycles. The van der Waals surface area contributed by atoms with Crippen LogP contribution in [0.5, 0.6) is 5.75 Å². The fraction of sp³-hybridized carbons (Fsp3) is 0.200. The lowest BCUT2D eigenvalue weighted by molar-refractivity contribution is 0.415. The summed E-state index contributed by atoms with van der Waals surface area (Å²) in [6.45, 7) is 2.69. The molecule has 0 aromatic heterocycles. The van der Waals surface area contributed by atoms with Gasteiger partial charge in [-0.3, -0.25) is 0 Å². The van der Waals surface area contributed by atoms with Gasteiger partial charge in [-0.15, -0.1) is 0 Å². The monoisotopic (exact) mass is 260 g/mol. The zero-order chi connectivity index (χ0) is 13.8. The second-order valence-electron chi connectivity index (χ2n) is 4.15. The first-order valence-corrected chi connectivity index (χ1v) is 6.12. The minimum absolute atomic E-state index is 0.261. The van der Waals surface area contributed by atoms with Gasteiger partial charge in [-0.1, -0.05) is 6.07 Å². The number of benzene rings is 2. The van der Waals surface area contributed by atoms with Crippen LogP contribution >= 0.6 is 0 Å². The number of hydrogen-bond donors (Lipinski definition) is 1. The highest BCUT2D eigenvalue weighted by Gasteiger charge is 2.11. The van der Waals surface area contributed by atoms with E-state index in [-0.39, 0.29) is 5.82 Å². The van der Waals surface area contributed by atoms with E-state index in [1.54, 1.807) is 19.2 Å². The van der Waals surface area contributed by atoms with E-state index >= 15 is 0 Å². The molecule has 100 valence electrons. The van der Waals surface area contributed by atoms with E-state index in [1.165, 1.54) is 12.1 Å². The van der Waals surface area contributed by atoms with E-state index in [1.807, 2.05) is 30.0 Å². The molecule has 0 aliphatic rings. The number of halogens is 1. The summed E-state index contributed by atoms with van der Waals surface area (Å²) in [5.41, 5.74) is 8.25. The van der Waals surface area contributed by atoms with Crippen LogP contribution in [0.25, 0.3) is 0 Å². The van der Waals surface area contributed by atoms with Crippen LogP contribution in [-0.2, 0) is 0 Å². The van der Waals surface area contributed by atoms with Crippen LogP contribution in [0, 0.1) is 5.82 Å². The molecule has 0 saturated heterocycles. The first-order chi connectivity index (χ1) is 9.15. The molecule has 2 aromatic rings. The summed E-state index contributed by atoms with van der Waals surface area (Å²) in [4.78, 5) is 1.96. The molecule has 0 unspecified atom stereocenters. The minimum atomic E-state index is -0.261. The summed E-state index contributed by atoms with van der Waals surface area (Å²) < 4.78 is 18.5. The van der Waals surface area contributed by atoms with E-state index in [4.69, 9.17) is 10.5 Å². The van der Waals surface area contributed by atoms with Gasteiger partial charge in [0.05, 0.1) is 18.5 Å². The van der Waals surface area contributed by atoms with E-state index < -0.39 is 0 Å². The Morgan fingerprint density at radius 1 is 1.21 bits per heavy atom. The molecule has 4 heteroatoms. The Morgan fingerprint density at radius 3 is 2.58 bits per heavy atom. The molecule has 19 heavy (non-hydrogen) atoms. The van der Waals surface area contributed by atoms with Crippen molar-refractivity contribution in [3.63, 3.8) is 0 Å². The number of hydrogen-bond acceptors (Lipinski definition) is 3. The molecule has 0 aliphatic heterocycles. The molecule has 0 radical (unpaired) electrons. The van der Waals surface area contributed by atoms with Crippen LogP contribution in [0.3, 0.4) is 0 Å². The summed E-state index contributed by atoms with van der Waals surface area (Å²) in [5.74, 6) is 0.444. The number of methoxy groups -OCH3 is 1. The molecule has 2 rings (SSSR count). The van der Waals surface area contributed by atoms with Crippen molar-refractivity contribution in [1.82, 2.24) is 0 Å². The number of rotatable bonds is 4. The molecule has 0 atom stereocenters. The molecular formula is C15H17FN2O. The van der Waals surface area contributed by atoms with Crippen molar-refractivity contribution in [3.8, 4) is 5.75 Å². The molecule has 0 bridgehead atoms. The third-order valence-electron chi connectivity index (χ3n) is 2.96. The first-order valence-electron chi connectivity index (χ1n) is 6.12. The van der Waals surface area contributed by atoms with Crippen LogP contribution in [-0.4, -0.2) is 13.7 Å². The van der Waals surface area contributed by atoms with Crippen LogP contribution in [0.15, 0.2) is 42.5 Å². The Hall–Kier alpha value is -2.23. The molecule has 0 amide bonds. The zero-order valence-electron chi connectivity index (χ0n) is 11.1. The topological polar surface area (TPSA) is 38.5 Å². The van der Waals surface area contributed by atoms with Gasteiger partial charge in [-0.25, -0.2) is 4.39 Å². The van der Waals surface area contributed by atoms with E-state index in [2.05, 4.69) is 0 Å². The maximum atomic E-state index is 13.3. The van der Waals surface area contributed by atoms with Gasteiger partial charge in [0.2, 0.25) is 0 Å². The van der Waals surface area contributed by atoms with Gasteiger partial charge in [0.15, 0.2) is 0 Å². The highest BCUT2D eigenvalue weighted by Crippen LogP contribution is 2.32. The number of ether oxygens (including phenoxy) is 1. The van der Waals surface area contributed by atoms with Gasteiger partial charge in [0.1, 0.15) is 11.6 Å². The fourth-order valence-corrected chi connectivity index (χ4v) is 2.04. The Morgan fingerprint density at radius 2 is 2.00 bits per heavy atom. The summed E-state index contributed by atoms with van der Waals surface area (Å²) in [5, 5.41) is 0. The lowest BCUT2D eigenvalue weighted by atomic mass is 10.2. The second kappa shape index (κ2) is 5.61. The molecular weight excluding hydrogens is 243 g/mol. The van der Waals surface area contributed by atoms with Crippen LogP contribution < -0.4 is 15.4 Å². The molecule has 0 aliphatic carbocycles. The van der Waals surface area contributed by atoms with E-state index in [9.17, 15) is 4.39 Å². The van der Waals surface area contributed by atoms with Crippen molar-refractivity contribution in [2.24, 2.45) is 0 Å². The lowest BCUT2D eigenvalue weighted by Crippen LogP contribution is -2.17. The van der Waals surface area contributed by atoms with Crippen molar-refractivity contribution >= 4 is 17.1 Å². The Balaban J connectivity index is 2.42. The second-order valence-corrected chi connectivity index (χ2v) is 4.15. The third kappa shape index (κ3) is 2.78. The number of nitrogens with two attached hydrogens (primary N) is 1. The molecule has 3 nitrogen and oxygen atoms in total. The first kappa shape index (κ1) is 13.2. The summed E-state index contributed by atoms with van der Waals surface area (Å²) in [6.07, 6.45) is 0. The number of anilines is 3. The summed E-state index contributed by atoms with van der Waals surface area (Å²) >= 11 is 0. The van der Waals surface area contributed by atoms with Gasteiger partial charge in [-0.05, 0) is 37.3 Å². The summed E-state index contributed by atoms with van der Waals surface area (Å²) in [7, 11) is 1.60. The molecule has 2 N–H and O–H groups in total. The minimum Gasteiger partial charge on any atom is -0.497 e. The Labute approximate surface area is 112 Å². The smallest absolute Gasteiger partial charge is 0.125 e. The Bertz CT molecular complexity index is 572. The predicted octanol–water partition coefficient (Wildman–Crippen LogP) is 3.57. The molecule has 2 aromatic carbocycles. The van der Waals surface area contributed by atoms with E-state index in [0.29, 0.717) is 18.0 Å². The summed E-state index contributed by atoms with van der Waals surface area (Å²) in [6, 6.07) is 11.9. The zero-order valence-corrected chi connectivity index (χ0v) is 11.1. The highest BCUT2D eigenvalue weighted by molar-refractivity contribution is 5.76.